The van der Waals surface area contributed by atoms with Crippen LogP contribution in [0.5, 0.6) is 0 Å². The lowest BCUT2D eigenvalue weighted by Crippen LogP contribution is -2.32. The van der Waals surface area contributed by atoms with Crippen LogP contribution in [0.25, 0.3) is 0 Å². The molecule has 0 spiro atoms. The summed E-state index contributed by atoms with van der Waals surface area (Å²) in [5, 5.41) is 4.43. The lowest BCUT2D eigenvalue weighted by molar-refractivity contribution is 0.0474. The van der Waals surface area contributed by atoms with E-state index in [4.69, 9.17) is 16.3 Å². The molecule has 1 heterocycles. The van der Waals surface area contributed by atoms with E-state index < -0.39 is 0 Å². The van der Waals surface area contributed by atoms with E-state index in [9.17, 15) is 0 Å². The van der Waals surface area contributed by atoms with E-state index >= 15 is 0 Å². The fraction of sp³-hybridized carbons (Fsp3) is 0.571. The Labute approximate surface area is 107 Å². The summed E-state index contributed by atoms with van der Waals surface area (Å²) in [6.45, 7) is 1.81. The molecular weight excluding hydrogens is 234 g/mol. The lowest BCUT2D eigenvalue weighted by atomic mass is 10.1. The molecule has 1 N–H and O–H groups in total. The standard InChI is InChI=1S/C14H18ClNO/c15-12-6-4-10(5-7-12)14-8-16-13-3-1-2-11(13)9-17-14/h4-7,11,13-14,16H,1-3,8-9H2. The smallest absolute Gasteiger partial charge is 0.0949 e. The molecule has 92 valence electrons. The zero-order valence-corrected chi connectivity index (χ0v) is 10.6. The van der Waals surface area contributed by atoms with Crippen molar-refractivity contribution >= 4 is 11.6 Å². The first-order valence-electron chi connectivity index (χ1n) is 6.43. The van der Waals surface area contributed by atoms with E-state index in [1.165, 1.54) is 24.8 Å². The third kappa shape index (κ3) is 2.49. The summed E-state index contributed by atoms with van der Waals surface area (Å²) in [6, 6.07) is 8.68. The van der Waals surface area contributed by atoms with Crippen LogP contribution in [0, 0.1) is 5.92 Å². The van der Waals surface area contributed by atoms with Gasteiger partial charge in [-0.2, -0.15) is 0 Å². The van der Waals surface area contributed by atoms with Crippen LogP contribution < -0.4 is 5.32 Å². The Bertz CT molecular complexity index is 364. The highest BCUT2D eigenvalue weighted by Gasteiger charge is 2.31. The van der Waals surface area contributed by atoms with Crippen molar-refractivity contribution in [3.8, 4) is 0 Å². The number of ether oxygens (including phenoxy) is 1. The largest absolute Gasteiger partial charge is 0.372 e. The first-order valence-corrected chi connectivity index (χ1v) is 6.81. The first-order chi connectivity index (χ1) is 8.33. The Balaban J connectivity index is 1.70. The highest BCUT2D eigenvalue weighted by molar-refractivity contribution is 6.30. The SMILES string of the molecule is Clc1ccc(C2CNC3CCCC3CO2)cc1. The van der Waals surface area contributed by atoms with E-state index in [1.54, 1.807) is 0 Å². The molecule has 1 saturated heterocycles. The van der Waals surface area contributed by atoms with Crippen molar-refractivity contribution in [2.24, 2.45) is 5.92 Å². The van der Waals surface area contributed by atoms with Crippen molar-refractivity contribution in [2.45, 2.75) is 31.4 Å². The Morgan fingerprint density at radius 1 is 1.18 bits per heavy atom. The number of benzene rings is 1. The zero-order chi connectivity index (χ0) is 11.7. The minimum atomic E-state index is 0.179. The van der Waals surface area contributed by atoms with Gasteiger partial charge < -0.3 is 10.1 Å². The summed E-state index contributed by atoms with van der Waals surface area (Å²) in [4.78, 5) is 0. The molecule has 2 fully saturated rings. The average molecular weight is 252 g/mol. The average Bonchev–Trinajstić information content (AvgIpc) is 2.70. The van der Waals surface area contributed by atoms with Crippen molar-refractivity contribution in [1.82, 2.24) is 5.32 Å². The van der Waals surface area contributed by atoms with E-state index in [0.29, 0.717) is 12.0 Å². The molecule has 1 aromatic carbocycles. The van der Waals surface area contributed by atoms with Crippen molar-refractivity contribution in [3.63, 3.8) is 0 Å². The summed E-state index contributed by atoms with van der Waals surface area (Å²) in [6.07, 6.45) is 4.14. The van der Waals surface area contributed by atoms with Gasteiger partial charge in [-0.15, -0.1) is 0 Å². The van der Waals surface area contributed by atoms with Crippen molar-refractivity contribution in [3.05, 3.63) is 34.9 Å². The summed E-state index contributed by atoms with van der Waals surface area (Å²) < 4.78 is 6.04. The predicted molar refractivity (Wildman–Crippen MR) is 69.3 cm³/mol. The van der Waals surface area contributed by atoms with E-state index in [2.05, 4.69) is 17.4 Å². The third-order valence-electron chi connectivity index (χ3n) is 3.98. The maximum atomic E-state index is 6.04. The molecule has 17 heavy (non-hydrogen) atoms. The van der Waals surface area contributed by atoms with Gasteiger partial charge in [0, 0.05) is 17.6 Å². The molecule has 1 saturated carbocycles. The van der Waals surface area contributed by atoms with Gasteiger partial charge in [-0.1, -0.05) is 30.2 Å². The molecule has 3 rings (SSSR count). The second-order valence-electron chi connectivity index (χ2n) is 5.08. The van der Waals surface area contributed by atoms with Gasteiger partial charge in [0.2, 0.25) is 0 Å². The van der Waals surface area contributed by atoms with Gasteiger partial charge in [-0.3, -0.25) is 0 Å². The molecule has 0 radical (unpaired) electrons. The fourth-order valence-corrected chi connectivity index (χ4v) is 3.08. The highest BCUT2D eigenvalue weighted by atomic mass is 35.5. The predicted octanol–water partition coefficient (Wildman–Crippen LogP) is 3.17. The molecule has 0 aromatic heterocycles. The van der Waals surface area contributed by atoms with Gasteiger partial charge in [0.05, 0.1) is 12.7 Å². The molecule has 3 unspecified atom stereocenters. The Morgan fingerprint density at radius 3 is 2.82 bits per heavy atom. The molecular formula is C14H18ClNO. The number of hydrogen-bond acceptors (Lipinski definition) is 2. The molecule has 1 aromatic rings. The Hall–Kier alpha value is -0.570. The molecule has 3 heteroatoms. The molecule has 2 nitrogen and oxygen atoms in total. The Morgan fingerprint density at radius 2 is 2.00 bits per heavy atom. The lowest BCUT2D eigenvalue weighted by Gasteiger charge is -2.16. The molecule has 2 aliphatic rings. The molecule has 3 atom stereocenters. The van der Waals surface area contributed by atoms with Crippen LogP contribution in [0.1, 0.15) is 30.9 Å². The van der Waals surface area contributed by atoms with Crippen molar-refractivity contribution in [2.75, 3.05) is 13.2 Å². The van der Waals surface area contributed by atoms with Crippen LogP contribution in [0.3, 0.4) is 0 Å². The topological polar surface area (TPSA) is 21.3 Å². The zero-order valence-electron chi connectivity index (χ0n) is 9.86. The quantitative estimate of drug-likeness (QED) is 0.828. The third-order valence-corrected chi connectivity index (χ3v) is 4.23. The van der Waals surface area contributed by atoms with Crippen LogP contribution in [-0.4, -0.2) is 19.2 Å². The summed E-state index contributed by atoms with van der Waals surface area (Å²) >= 11 is 5.90. The van der Waals surface area contributed by atoms with Gasteiger partial charge in [0.25, 0.3) is 0 Å². The number of hydrogen-bond donors (Lipinski definition) is 1. The van der Waals surface area contributed by atoms with Gasteiger partial charge >= 0.3 is 0 Å². The number of rotatable bonds is 1. The minimum absolute atomic E-state index is 0.179. The minimum Gasteiger partial charge on any atom is -0.372 e. The van der Waals surface area contributed by atoms with E-state index in [-0.39, 0.29) is 6.10 Å². The maximum Gasteiger partial charge on any atom is 0.0949 e. The van der Waals surface area contributed by atoms with Gasteiger partial charge in [0.1, 0.15) is 0 Å². The monoisotopic (exact) mass is 251 g/mol. The molecule has 0 bridgehead atoms. The number of fused-ring (bicyclic) bond motifs is 1. The van der Waals surface area contributed by atoms with Crippen LogP contribution in [0.4, 0.5) is 0 Å². The van der Waals surface area contributed by atoms with Crippen molar-refractivity contribution < 1.29 is 4.74 Å². The van der Waals surface area contributed by atoms with Crippen LogP contribution in [0.15, 0.2) is 24.3 Å². The fourth-order valence-electron chi connectivity index (χ4n) is 2.95. The van der Waals surface area contributed by atoms with Gasteiger partial charge in [-0.25, -0.2) is 0 Å². The van der Waals surface area contributed by atoms with Crippen LogP contribution in [-0.2, 0) is 4.74 Å². The molecule has 0 amide bonds. The normalized spacial score (nSPS) is 33.1. The van der Waals surface area contributed by atoms with E-state index in [1.807, 2.05) is 12.1 Å². The molecule has 1 aliphatic heterocycles. The number of halogens is 1. The van der Waals surface area contributed by atoms with Gasteiger partial charge in [0.15, 0.2) is 0 Å². The maximum absolute atomic E-state index is 6.04. The Kier molecular flexibility index (Phi) is 3.37. The van der Waals surface area contributed by atoms with Gasteiger partial charge in [-0.05, 0) is 36.5 Å². The van der Waals surface area contributed by atoms with Crippen LogP contribution in [0.2, 0.25) is 5.02 Å². The van der Waals surface area contributed by atoms with Crippen molar-refractivity contribution in [1.29, 1.82) is 0 Å². The van der Waals surface area contributed by atoms with E-state index in [0.717, 1.165) is 18.2 Å². The second-order valence-corrected chi connectivity index (χ2v) is 5.52. The summed E-state index contributed by atoms with van der Waals surface area (Å²) in [5.41, 5.74) is 1.22. The first kappa shape index (κ1) is 11.5. The highest BCUT2D eigenvalue weighted by Crippen LogP contribution is 2.31. The number of nitrogens with one attached hydrogen (secondary N) is 1. The molecule has 1 aliphatic carbocycles. The van der Waals surface area contributed by atoms with Crippen LogP contribution >= 0.6 is 11.6 Å². The second kappa shape index (κ2) is 4.97. The summed E-state index contributed by atoms with van der Waals surface area (Å²) in [5.74, 6) is 0.715. The summed E-state index contributed by atoms with van der Waals surface area (Å²) in [7, 11) is 0.